The number of likely N-dealkylation sites (tertiary alicyclic amines) is 1. The van der Waals surface area contributed by atoms with E-state index in [1.165, 1.54) is 0 Å². The Morgan fingerprint density at radius 3 is 2.48 bits per heavy atom. The SMILES string of the molecule is Cl.O=C(c1c(F)cc(Br)cc1F)N1CCC2CCC(C1)N2. The van der Waals surface area contributed by atoms with E-state index in [1.54, 1.807) is 4.90 Å². The zero-order valence-corrected chi connectivity index (χ0v) is 13.6. The normalized spacial score (nSPS) is 24.4. The Hall–Kier alpha value is -0.720. The Bertz CT molecular complexity index is 535. The smallest absolute Gasteiger partial charge is 0.259 e. The maximum atomic E-state index is 13.9. The molecule has 2 aliphatic heterocycles. The number of nitrogens with one attached hydrogen (secondary N) is 1. The van der Waals surface area contributed by atoms with Gasteiger partial charge < -0.3 is 10.2 Å². The second-order valence-electron chi connectivity index (χ2n) is 5.42. The third-order valence-electron chi connectivity index (χ3n) is 4.03. The minimum absolute atomic E-state index is 0. The minimum Gasteiger partial charge on any atom is -0.337 e. The Balaban J connectivity index is 0.00000161. The molecule has 2 heterocycles. The lowest BCUT2D eigenvalue weighted by molar-refractivity contribution is 0.0738. The number of amides is 1. The van der Waals surface area contributed by atoms with Crippen molar-refractivity contribution in [1.82, 2.24) is 10.2 Å². The highest BCUT2D eigenvalue weighted by Crippen LogP contribution is 2.24. The van der Waals surface area contributed by atoms with Crippen molar-refractivity contribution in [2.45, 2.75) is 31.3 Å². The number of hydrogen-bond acceptors (Lipinski definition) is 2. The number of rotatable bonds is 1. The van der Waals surface area contributed by atoms with Crippen molar-refractivity contribution >= 4 is 34.2 Å². The lowest BCUT2D eigenvalue weighted by Gasteiger charge is -2.24. The molecule has 0 radical (unpaired) electrons. The van der Waals surface area contributed by atoms with Crippen LogP contribution in [0.15, 0.2) is 16.6 Å². The Kier molecular flexibility index (Phi) is 5.22. The van der Waals surface area contributed by atoms with Gasteiger partial charge >= 0.3 is 0 Å². The van der Waals surface area contributed by atoms with Crippen LogP contribution in [-0.2, 0) is 0 Å². The molecule has 1 N–H and O–H groups in total. The lowest BCUT2D eigenvalue weighted by Crippen LogP contribution is -2.39. The predicted molar refractivity (Wildman–Crippen MR) is 81.8 cm³/mol. The second kappa shape index (κ2) is 6.58. The van der Waals surface area contributed by atoms with Crippen LogP contribution in [0.3, 0.4) is 0 Å². The van der Waals surface area contributed by atoms with Gasteiger partial charge in [-0.15, -0.1) is 12.4 Å². The molecular formula is C14H16BrClF2N2O. The molecule has 2 saturated heterocycles. The van der Waals surface area contributed by atoms with Crippen LogP contribution in [0.25, 0.3) is 0 Å². The summed E-state index contributed by atoms with van der Waals surface area (Å²) in [5.74, 6) is -2.18. The third kappa shape index (κ3) is 3.38. The molecule has 2 aliphatic rings. The molecule has 0 spiro atoms. The van der Waals surface area contributed by atoms with Gasteiger partial charge in [-0.25, -0.2) is 8.78 Å². The van der Waals surface area contributed by atoms with Gasteiger partial charge in [0, 0.05) is 29.6 Å². The van der Waals surface area contributed by atoms with Crippen LogP contribution in [0, 0.1) is 11.6 Å². The van der Waals surface area contributed by atoms with E-state index in [0.29, 0.717) is 23.6 Å². The molecule has 1 aromatic rings. The topological polar surface area (TPSA) is 32.3 Å². The van der Waals surface area contributed by atoms with E-state index >= 15 is 0 Å². The monoisotopic (exact) mass is 380 g/mol. The van der Waals surface area contributed by atoms with E-state index in [4.69, 9.17) is 0 Å². The summed E-state index contributed by atoms with van der Waals surface area (Å²) in [5.41, 5.74) is -0.453. The molecule has 2 unspecified atom stereocenters. The Labute approximate surface area is 136 Å². The average molecular weight is 382 g/mol. The minimum atomic E-state index is -0.816. The molecule has 1 amide bonds. The van der Waals surface area contributed by atoms with Gasteiger partial charge in [0.15, 0.2) is 0 Å². The summed E-state index contributed by atoms with van der Waals surface area (Å²) in [5, 5.41) is 3.44. The van der Waals surface area contributed by atoms with Crippen LogP contribution in [0.5, 0.6) is 0 Å². The molecule has 116 valence electrons. The zero-order chi connectivity index (χ0) is 14.3. The largest absolute Gasteiger partial charge is 0.337 e. The fourth-order valence-corrected chi connectivity index (χ4v) is 3.43. The van der Waals surface area contributed by atoms with Crippen LogP contribution in [-0.4, -0.2) is 36.0 Å². The van der Waals surface area contributed by atoms with Gasteiger partial charge in [0.2, 0.25) is 0 Å². The average Bonchev–Trinajstić information content (AvgIpc) is 2.67. The second-order valence-corrected chi connectivity index (χ2v) is 6.34. The fraction of sp³-hybridized carbons (Fsp3) is 0.500. The molecule has 0 saturated carbocycles. The van der Waals surface area contributed by atoms with Crippen LogP contribution in [0.1, 0.15) is 29.6 Å². The molecule has 2 fully saturated rings. The van der Waals surface area contributed by atoms with Crippen molar-refractivity contribution in [2.24, 2.45) is 0 Å². The molecule has 2 bridgehead atoms. The van der Waals surface area contributed by atoms with E-state index in [1.807, 2.05) is 0 Å². The third-order valence-corrected chi connectivity index (χ3v) is 4.49. The molecule has 1 aromatic carbocycles. The van der Waals surface area contributed by atoms with E-state index in [-0.39, 0.29) is 18.4 Å². The Morgan fingerprint density at radius 1 is 1.19 bits per heavy atom. The predicted octanol–water partition coefficient (Wildman–Crippen LogP) is 3.12. The number of nitrogens with zero attached hydrogens (tertiary/aromatic N) is 1. The van der Waals surface area contributed by atoms with Crippen molar-refractivity contribution in [2.75, 3.05) is 13.1 Å². The van der Waals surface area contributed by atoms with Gasteiger partial charge in [0.25, 0.3) is 5.91 Å². The highest BCUT2D eigenvalue weighted by molar-refractivity contribution is 9.10. The van der Waals surface area contributed by atoms with Crippen LogP contribution < -0.4 is 5.32 Å². The summed E-state index contributed by atoms with van der Waals surface area (Å²) in [6, 6.07) is 2.92. The molecule has 3 nitrogen and oxygen atoms in total. The first-order valence-corrected chi connectivity index (χ1v) is 7.54. The Morgan fingerprint density at radius 2 is 1.81 bits per heavy atom. The highest BCUT2D eigenvalue weighted by Gasteiger charge is 2.33. The zero-order valence-electron chi connectivity index (χ0n) is 11.2. The summed E-state index contributed by atoms with van der Waals surface area (Å²) in [7, 11) is 0. The number of carbonyl (C=O) groups is 1. The van der Waals surface area contributed by atoms with E-state index in [0.717, 1.165) is 31.4 Å². The van der Waals surface area contributed by atoms with Crippen molar-refractivity contribution < 1.29 is 13.6 Å². The van der Waals surface area contributed by atoms with Gasteiger partial charge in [0.1, 0.15) is 17.2 Å². The van der Waals surface area contributed by atoms with Gasteiger partial charge in [-0.05, 0) is 31.4 Å². The highest BCUT2D eigenvalue weighted by atomic mass is 79.9. The van der Waals surface area contributed by atoms with Gasteiger partial charge in [-0.3, -0.25) is 4.79 Å². The fourth-order valence-electron chi connectivity index (χ4n) is 3.03. The van der Waals surface area contributed by atoms with Gasteiger partial charge in [-0.1, -0.05) is 15.9 Å². The summed E-state index contributed by atoms with van der Waals surface area (Å²) in [6.07, 6.45) is 2.97. The summed E-state index contributed by atoms with van der Waals surface area (Å²) >= 11 is 3.02. The molecule has 0 aromatic heterocycles. The van der Waals surface area contributed by atoms with E-state index in [2.05, 4.69) is 21.2 Å². The molecule has 7 heteroatoms. The summed E-state index contributed by atoms with van der Waals surface area (Å²) in [4.78, 5) is 13.9. The van der Waals surface area contributed by atoms with E-state index < -0.39 is 23.1 Å². The summed E-state index contributed by atoms with van der Waals surface area (Å²) in [6.45, 7) is 1.06. The van der Waals surface area contributed by atoms with Gasteiger partial charge in [0.05, 0.1) is 0 Å². The number of fused-ring (bicyclic) bond motifs is 2. The first kappa shape index (κ1) is 16.6. The number of carbonyl (C=O) groups excluding carboxylic acids is 1. The van der Waals surface area contributed by atoms with Gasteiger partial charge in [-0.2, -0.15) is 0 Å². The maximum Gasteiger partial charge on any atom is 0.259 e. The number of hydrogen-bond donors (Lipinski definition) is 1. The van der Waals surface area contributed by atoms with E-state index in [9.17, 15) is 13.6 Å². The first-order chi connectivity index (χ1) is 9.54. The number of halogens is 4. The molecule has 2 atom stereocenters. The maximum absolute atomic E-state index is 13.9. The molecule has 3 rings (SSSR count). The van der Waals surface area contributed by atoms with Crippen molar-refractivity contribution in [3.63, 3.8) is 0 Å². The standard InChI is InChI=1S/C14H15BrF2N2O.ClH/c15-8-5-11(16)13(12(17)6-8)14(20)19-4-3-9-1-2-10(7-19)18-9;/h5-6,9-10,18H,1-4,7H2;1H. The van der Waals surface area contributed by atoms with Crippen molar-refractivity contribution in [3.8, 4) is 0 Å². The first-order valence-electron chi connectivity index (χ1n) is 6.74. The quantitative estimate of drug-likeness (QED) is 0.811. The molecular weight excluding hydrogens is 366 g/mol. The summed E-state index contributed by atoms with van der Waals surface area (Å²) < 4.78 is 28.0. The van der Waals surface area contributed by atoms with Crippen LogP contribution >= 0.6 is 28.3 Å². The van der Waals surface area contributed by atoms with Crippen molar-refractivity contribution in [3.05, 3.63) is 33.8 Å². The van der Waals surface area contributed by atoms with Crippen LogP contribution in [0.4, 0.5) is 8.78 Å². The molecule has 0 aliphatic carbocycles. The van der Waals surface area contributed by atoms with Crippen molar-refractivity contribution in [1.29, 1.82) is 0 Å². The number of benzene rings is 1. The molecule has 21 heavy (non-hydrogen) atoms. The lowest BCUT2D eigenvalue weighted by atomic mass is 10.1. The van der Waals surface area contributed by atoms with Crippen LogP contribution in [0.2, 0.25) is 0 Å².